The molecule has 0 aromatic rings. The summed E-state index contributed by atoms with van der Waals surface area (Å²) in [7, 11) is 4.46. The monoisotopic (exact) mass is 314 g/mol. The molecule has 1 saturated carbocycles. The van der Waals surface area contributed by atoms with Gasteiger partial charge in [-0.25, -0.2) is 0 Å². The van der Waals surface area contributed by atoms with Crippen LogP contribution in [0.1, 0.15) is 53.4 Å². The van der Waals surface area contributed by atoms with Crippen molar-refractivity contribution < 1.29 is 0 Å². The van der Waals surface area contributed by atoms with Crippen molar-refractivity contribution in [1.82, 2.24) is 10.2 Å². The highest BCUT2D eigenvalue weighted by molar-refractivity contribution is 7.98. The van der Waals surface area contributed by atoms with Gasteiger partial charge in [-0.2, -0.15) is 11.8 Å². The molecule has 2 nitrogen and oxygen atoms in total. The molecule has 0 heterocycles. The first-order valence-electron chi connectivity index (χ1n) is 8.66. The summed E-state index contributed by atoms with van der Waals surface area (Å²) in [5.74, 6) is 2.95. The van der Waals surface area contributed by atoms with Gasteiger partial charge in [0, 0.05) is 18.6 Å². The number of thioether (sulfide) groups is 1. The van der Waals surface area contributed by atoms with E-state index in [0.717, 1.165) is 11.8 Å². The Morgan fingerprint density at radius 3 is 2.48 bits per heavy atom. The van der Waals surface area contributed by atoms with Gasteiger partial charge in [0.15, 0.2) is 0 Å². The average molecular weight is 315 g/mol. The molecular formula is C18H38N2S. The Balaban J connectivity index is 2.59. The highest BCUT2D eigenvalue weighted by atomic mass is 32.2. The van der Waals surface area contributed by atoms with Crippen LogP contribution < -0.4 is 5.32 Å². The molecule has 0 amide bonds. The van der Waals surface area contributed by atoms with Crippen molar-refractivity contribution in [2.75, 3.05) is 32.6 Å². The number of rotatable bonds is 7. The minimum absolute atomic E-state index is 0.458. The summed E-state index contributed by atoms with van der Waals surface area (Å²) in [5.41, 5.74) is 0.458. The third-order valence-corrected chi connectivity index (χ3v) is 6.24. The van der Waals surface area contributed by atoms with E-state index in [0.29, 0.717) is 17.5 Å². The molecule has 0 bridgehead atoms. The van der Waals surface area contributed by atoms with Crippen LogP contribution in [0.2, 0.25) is 0 Å². The second-order valence-electron chi connectivity index (χ2n) is 8.10. The van der Waals surface area contributed by atoms with Crippen molar-refractivity contribution in [1.29, 1.82) is 0 Å². The lowest BCUT2D eigenvalue weighted by Crippen LogP contribution is -2.47. The molecule has 126 valence electrons. The topological polar surface area (TPSA) is 15.3 Å². The van der Waals surface area contributed by atoms with E-state index in [-0.39, 0.29) is 0 Å². The van der Waals surface area contributed by atoms with Crippen LogP contribution in [0.15, 0.2) is 0 Å². The molecule has 1 aliphatic rings. The van der Waals surface area contributed by atoms with Crippen LogP contribution in [-0.2, 0) is 0 Å². The Kier molecular flexibility index (Phi) is 8.08. The van der Waals surface area contributed by atoms with Gasteiger partial charge in [0.2, 0.25) is 0 Å². The molecule has 0 aromatic heterocycles. The fourth-order valence-electron chi connectivity index (χ4n) is 3.69. The smallest absolute Gasteiger partial charge is 0.0105 e. The maximum atomic E-state index is 3.58. The Morgan fingerprint density at radius 2 is 1.95 bits per heavy atom. The summed E-state index contributed by atoms with van der Waals surface area (Å²) in [5, 5.41) is 3.58. The van der Waals surface area contributed by atoms with Crippen molar-refractivity contribution >= 4 is 11.8 Å². The van der Waals surface area contributed by atoms with E-state index in [1.165, 1.54) is 38.0 Å². The van der Waals surface area contributed by atoms with Crippen LogP contribution in [0.4, 0.5) is 0 Å². The molecule has 1 rings (SSSR count). The molecule has 1 aliphatic carbocycles. The van der Waals surface area contributed by atoms with Crippen LogP contribution in [0.3, 0.4) is 0 Å². The quantitative estimate of drug-likeness (QED) is 0.761. The van der Waals surface area contributed by atoms with Gasteiger partial charge >= 0.3 is 0 Å². The summed E-state index contributed by atoms with van der Waals surface area (Å²) in [6.07, 6.45) is 7.62. The van der Waals surface area contributed by atoms with E-state index >= 15 is 0 Å². The molecule has 3 heteroatoms. The van der Waals surface area contributed by atoms with Crippen LogP contribution in [0.5, 0.6) is 0 Å². The fourth-order valence-corrected chi connectivity index (χ4v) is 4.27. The molecule has 0 spiro atoms. The van der Waals surface area contributed by atoms with Gasteiger partial charge < -0.3 is 10.2 Å². The lowest BCUT2D eigenvalue weighted by Gasteiger charge is -2.43. The number of hydrogen-bond acceptors (Lipinski definition) is 3. The molecule has 4 unspecified atom stereocenters. The number of nitrogens with zero attached hydrogens (tertiary/aromatic N) is 1. The van der Waals surface area contributed by atoms with E-state index in [9.17, 15) is 0 Å². The van der Waals surface area contributed by atoms with Gasteiger partial charge in [-0.15, -0.1) is 0 Å². The molecular weight excluding hydrogens is 276 g/mol. The van der Waals surface area contributed by atoms with Gasteiger partial charge in [-0.3, -0.25) is 0 Å². The Labute approximate surface area is 137 Å². The third kappa shape index (κ3) is 6.11. The normalized spacial score (nSPS) is 28.9. The van der Waals surface area contributed by atoms with Crippen LogP contribution in [-0.4, -0.2) is 49.6 Å². The lowest BCUT2D eigenvalue weighted by atomic mass is 9.67. The van der Waals surface area contributed by atoms with Gasteiger partial charge in [-0.1, -0.05) is 20.8 Å². The standard InChI is InChI=1S/C18H38N2S/c1-14(10-11-21-7)20(6)13-15-12-16(18(2,3)4)8-9-17(15)19-5/h14-17,19H,8-13H2,1-7H3. The van der Waals surface area contributed by atoms with Gasteiger partial charge in [-0.05, 0) is 76.0 Å². The predicted octanol–water partition coefficient (Wildman–Crippen LogP) is 4.11. The number of hydrogen-bond donors (Lipinski definition) is 1. The third-order valence-electron chi connectivity index (χ3n) is 5.59. The first-order chi connectivity index (χ1) is 9.79. The molecule has 0 aliphatic heterocycles. The highest BCUT2D eigenvalue weighted by Crippen LogP contribution is 2.40. The van der Waals surface area contributed by atoms with Crippen LogP contribution in [0.25, 0.3) is 0 Å². The van der Waals surface area contributed by atoms with Crippen molar-refractivity contribution in [3.8, 4) is 0 Å². The van der Waals surface area contributed by atoms with E-state index < -0.39 is 0 Å². The summed E-state index contributed by atoms with van der Waals surface area (Å²) in [4.78, 5) is 2.59. The van der Waals surface area contributed by atoms with Crippen molar-refractivity contribution in [2.24, 2.45) is 17.3 Å². The zero-order chi connectivity index (χ0) is 16.0. The summed E-state index contributed by atoms with van der Waals surface area (Å²) < 4.78 is 0. The summed E-state index contributed by atoms with van der Waals surface area (Å²) >= 11 is 1.96. The maximum absolute atomic E-state index is 3.58. The zero-order valence-corrected chi connectivity index (χ0v) is 16.2. The first kappa shape index (κ1) is 19.3. The SMILES string of the molecule is CNC1CCC(C(C)(C)C)CC1CN(C)C(C)CCSC. The van der Waals surface area contributed by atoms with Gasteiger partial charge in [0.25, 0.3) is 0 Å². The van der Waals surface area contributed by atoms with Crippen molar-refractivity contribution in [2.45, 2.75) is 65.5 Å². The van der Waals surface area contributed by atoms with E-state index in [1.807, 2.05) is 11.8 Å². The largest absolute Gasteiger partial charge is 0.317 e. The van der Waals surface area contributed by atoms with Crippen LogP contribution >= 0.6 is 11.8 Å². The second-order valence-corrected chi connectivity index (χ2v) is 9.09. The Morgan fingerprint density at radius 1 is 1.29 bits per heavy atom. The van der Waals surface area contributed by atoms with E-state index in [2.05, 4.69) is 58.3 Å². The van der Waals surface area contributed by atoms with E-state index in [1.54, 1.807) is 0 Å². The van der Waals surface area contributed by atoms with Gasteiger partial charge in [0.1, 0.15) is 0 Å². The molecule has 0 radical (unpaired) electrons. The molecule has 0 aromatic carbocycles. The molecule has 1 N–H and O–H groups in total. The summed E-state index contributed by atoms with van der Waals surface area (Å²) in [6.45, 7) is 10.9. The Hall–Kier alpha value is 0.270. The Bertz CT molecular complexity index is 287. The fraction of sp³-hybridized carbons (Fsp3) is 1.00. The summed E-state index contributed by atoms with van der Waals surface area (Å²) in [6, 6.07) is 1.41. The lowest BCUT2D eigenvalue weighted by molar-refractivity contribution is 0.0868. The molecule has 4 atom stereocenters. The molecule has 21 heavy (non-hydrogen) atoms. The van der Waals surface area contributed by atoms with E-state index in [4.69, 9.17) is 0 Å². The minimum Gasteiger partial charge on any atom is -0.317 e. The number of nitrogens with one attached hydrogen (secondary N) is 1. The van der Waals surface area contributed by atoms with Crippen molar-refractivity contribution in [3.05, 3.63) is 0 Å². The first-order valence-corrected chi connectivity index (χ1v) is 10.0. The van der Waals surface area contributed by atoms with Crippen molar-refractivity contribution in [3.63, 3.8) is 0 Å². The zero-order valence-electron chi connectivity index (χ0n) is 15.4. The highest BCUT2D eigenvalue weighted by Gasteiger charge is 2.35. The second kappa shape index (κ2) is 8.79. The molecule has 1 fully saturated rings. The van der Waals surface area contributed by atoms with Gasteiger partial charge in [0.05, 0.1) is 0 Å². The van der Waals surface area contributed by atoms with Crippen LogP contribution in [0, 0.1) is 17.3 Å². The maximum Gasteiger partial charge on any atom is 0.0105 e. The average Bonchev–Trinajstić information content (AvgIpc) is 2.43. The predicted molar refractivity (Wildman–Crippen MR) is 98.2 cm³/mol. The minimum atomic E-state index is 0.458. The molecule has 0 saturated heterocycles.